The van der Waals surface area contributed by atoms with Crippen molar-refractivity contribution >= 4 is 23.6 Å². The summed E-state index contributed by atoms with van der Waals surface area (Å²) in [7, 11) is 0. The van der Waals surface area contributed by atoms with Gasteiger partial charge in [0.2, 0.25) is 0 Å². The number of rotatable bonds is 1. The van der Waals surface area contributed by atoms with Crippen LogP contribution in [0.2, 0.25) is 0 Å². The molecule has 0 aliphatic heterocycles. The van der Waals surface area contributed by atoms with Gasteiger partial charge in [-0.15, -0.1) is 12.4 Å². The van der Waals surface area contributed by atoms with Gasteiger partial charge < -0.3 is 9.67 Å². The molecule has 0 aromatic carbocycles. The zero-order valence-electron chi connectivity index (χ0n) is 8.65. The van der Waals surface area contributed by atoms with E-state index in [0.29, 0.717) is 6.04 Å². The lowest BCUT2D eigenvalue weighted by Gasteiger charge is -2.11. The number of imidazole rings is 1. The molecular formula is C10H13ClN4O. The molecule has 1 N–H and O–H groups in total. The molecule has 16 heavy (non-hydrogen) atoms. The van der Waals surface area contributed by atoms with E-state index in [-0.39, 0.29) is 18.5 Å². The minimum absolute atomic E-state index is 0. The van der Waals surface area contributed by atoms with Gasteiger partial charge in [0.1, 0.15) is 11.8 Å². The quantitative estimate of drug-likeness (QED) is 0.817. The Kier molecular flexibility index (Phi) is 3.07. The smallest absolute Gasteiger partial charge is 0.163 e. The third-order valence-corrected chi connectivity index (χ3v) is 3.01. The maximum absolute atomic E-state index is 9.50. The summed E-state index contributed by atoms with van der Waals surface area (Å²) in [5.41, 5.74) is 1.68. The van der Waals surface area contributed by atoms with Gasteiger partial charge in [-0.25, -0.2) is 15.0 Å². The van der Waals surface area contributed by atoms with Crippen LogP contribution in [0, 0.1) is 0 Å². The van der Waals surface area contributed by atoms with Crippen molar-refractivity contribution in [2.75, 3.05) is 0 Å². The van der Waals surface area contributed by atoms with Crippen molar-refractivity contribution in [1.29, 1.82) is 0 Å². The molecule has 0 saturated heterocycles. The SMILES string of the molecule is Cl.O[C@@H]1CC[C@@H](n2cnc3cncnc32)C1. The standard InChI is InChI=1S/C10H12N4O.ClH/c15-8-2-1-7(3-8)14-6-13-9-4-11-5-12-10(9)14;/h4-8,15H,1-3H2;1H/t7-,8-;/m1./s1. The van der Waals surface area contributed by atoms with Crippen LogP contribution in [0.1, 0.15) is 25.3 Å². The number of nitrogens with zero attached hydrogens (tertiary/aromatic N) is 4. The van der Waals surface area contributed by atoms with Crippen molar-refractivity contribution in [3.8, 4) is 0 Å². The van der Waals surface area contributed by atoms with Crippen LogP contribution in [0.3, 0.4) is 0 Å². The fourth-order valence-corrected chi connectivity index (χ4v) is 2.24. The molecule has 0 radical (unpaired) electrons. The van der Waals surface area contributed by atoms with E-state index in [9.17, 15) is 5.11 Å². The molecule has 3 rings (SSSR count). The molecule has 2 aromatic heterocycles. The van der Waals surface area contributed by atoms with Crippen LogP contribution in [-0.2, 0) is 0 Å². The number of aromatic nitrogens is 4. The average Bonchev–Trinajstić information content (AvgIpc) is 2.83. The largest absolute Gasteiger partial charge is 0.393 e. The van der Waals surface area contributed by atoms with Crippen LogP contribution in [-0.4, -0.2) is 30.7 Å². The first kappa shape index (κ1) is 11.3. The predicted octanol–water partition coefficient (Wildman–Crippen LogP) is 1.33. The van der Waals surface area contributed by atoms with Crippen LogP contribution in [0.4, 0.5) is 0 Å². The van der Waals surface area contributed by atoms with E-state index in [4.69, 9.17) is 0 Å². The van der Waals surface area contributed by atoms with Crippen molar-refractivity contribution in [3.05, 3.63) is 18.9 Å². The second-order valence-corrected chi connectivity index (χ2v) is 4.00. The molecule has 0 unspecified atom stereocenters. The summed E-state index contributed by atoms with van der Waals surface area (Å²) < 4.78 is 2.05. The third kappa shape index (κ3) is 1.76. The highest BCUT2D eigenvalue weighted by molar-refractivity contribution is 5.85. The lowest BCUT2D eigenvalue weighted by Crippen LogP contribution is -2.06. The minimum atomic E-state index is -0.172. The number of halogens is 1. The summed E-state index contributed by atoms with van der Waals surface area (Å²) in [6.07, 6.45) is 7.54. The molecular weight excluding hydrogens is 228 g/mol. The van der Waals surface area contributed by atoms with Gasteiger partial charge in [-0.1, -0.05) is 0 Å². The Labute approximate surface area is 99.0 Å². The predicted molar refractivity (Wildman–Crippen MR) is 61.5 cm³/mol. The molecule has 2 atom stereocenters. The van der Waals surface area contributed by atoms with Gasteiger partial charge in [0.05, 0.1) is 18.6 Å². The lowest BCUT2D eigenvalue weighted by molar-refractivity contribution is 0.178. The van der Waals surface area contributed by atoms with Crippen molar-refractivity contribution in [2.24, 2.45) is 0 Å². The minimum Gasteiger partial charge on any atom is -0.393 e. The lowest BCUT2D eigenvalue weighted by atomic mass is 10.2. The van der Waals surface area contributed by atoms with Crippen LogP contribution in [0.5, 0.6) is 0 Å². The van der Waals surface area contributed by atoms with Gasteiger partial charge in [0.15, 0.2) is 5.65 Å². The monoisotopic (exact) mass is 240 g/mol. The van der Waals surface area contributed by atoms with E-state index in [1.54, 1.807) is 12.5 Å². The van der Waals surface area contributed by atoms with Gasteiger partial charge in [-0.3, -0.25) is 0 Å². The van der Waals surface area contributed by atoms with Gasteiger partial charge in [-0.2, -0.15) is 0 Å². The maximum Gasteiger partial charge on any atom is 0.163 e. The molecule has 0 spiro atoms. The molecule has 0 bridgehead atoms. The fourth-order valence-electron chi connectivity index (χ4n) is 2.24. The highest BCUT2D eigenvalue weighted by Gasteiger charge is 2.25. The number of hydrogen-bond acceptors (Lipinski definition) is 4. The average molecular weight is 241 g/mol. The van der Waals surface area contributed by atoms with Crippen molar-refractivity contribution in [1.82, 2.24) is 19.5 Å². The Bertz CT molecular complexity index is 486. The van der Waals surface area contributed by atoms with Crippen LogP contribution in [0.25, 0.3) is 11.2 Å². The zero-order valence-corrected chi connectivity index (χ0v) is 9.47. The normalized spacial score (nSPS) is 24.6. The van der Waals surface area contributed by atoms with Gasteiger partial charge in [-0.05, 0) is 19.3 Å². The molecule has 0 amide bonds. The van der Waals surface area contributed by atoms with E-state index in [1.807, 2.05) is 4.57 Å². The summed E-state index contributed by atoms with van der Waals surface area (Å²) in [4.78, 5) is 12.4. The first-order chi connectivity index (χ1) is 7.34. The Hall–Kier alpha value is -1.20. The van der Waals surface area contributed by atoms with Gasteiger partial charge >= 0.3 is 0 Å². The molecule has 1 saturated carbocycles. The highest BCUT2D eigenvalue weighted by Crippen LogP contribution is 2.31. The second kappa shape index (κ2) is 4.35. The van der Waals surface area contributed by atoms with Gasteiger partial charge in [0.25, 0.3) is 0 Å². The van der Waals surface area contributed by atoms with E-state index in [0.717, 1.165) is 30.4 Å². The van der Waals surface area contributed by atoms with E-state index >= 15 is 0 Å². The van der Waals surface area contributed by atoms with Crippen LogP contribution < -0.4 is 0 Å². The molecule has 1 aliphatic carbocycles. The number of aliphatic hydroxyl groups is 1. The van der Waals surface area contributed by atoms with Crippen LogP contribution >= 0.6 is 12.4 Å². The number of hydrogen-bond donors (Lipinski definition) is 1. The fraction of sp³-hybridized carbons (Fsp3) is 0.500. The molecule has 6 heteroatoms. The Morgan fingerprint density at radius 1 is 1.31 bits per heavy atom. The van der Waals surface area contributed by atoms with E-state index in [1.165, 1.54) is 6.33 Å². The summed E-state index contributed by atoms with van der Waals surface area (Å²) in [5, 5.41) is 9.50. The summed E-state index contributed by atoms with van der Waals surface area (Å²) in [6, 6.07) is 0.333. The Morgan fingerprint density at radius 3 is 2.94 bits per heavy atom. The maximum atomic E-state index is 9.50. The second-order valence-electron chi connectivity index (χ2n) is 4.00. The first-order valence-corrected chi connectivity index (χ1v) is 5.15. The van der Waals surface area contributed by atoms with E-state index < -0.39 is 0 Å². The molecule has 86 valence electrons. The highest BCUT2D eigenvalue weighted by atomic mass is 35.5. The number of fused-ring (bicyclic) bond motifs is 1. The zero-order chi connectivity index (χ0) is 10.3. The molecule has 1 aliphatic rings. The van der Waals surface area contributed by atoms with Gasteiger partial charge in [0, 0.05) is 6.04 Å². The van der Waals surface area contributed by atoms with Crippen molar-refractivity contribution in [3.63, 3.8) is 0 Å². The number of aliphatic hydroxyl groups excluding tert-OH is 1. The molecule has 1 fully saturated rings. The van der Waals surface area contributed by atoms with Crippen molar-refractivity contribution < 1.29 is 5.11 Å². The third-order valence-electron chi connectivity index (χ3n) is 3.01. The Balaban J connectivity index is 0.000000963. The molecule has 5 nitrogen and oxygen atoms in total. The topological polar surface area (TPSA) is 63.8 Å². The summed E-state index contributed by atoms with van der Waals surface area (Å²) in [5.74, 6) is 0. The molecule has 2 aromatic rings. The van der Waals surface area contributed by atoms with Crippen LogP contribution in [0.15, 0.2) is 18.9 Å². The Morgan fingerprint density at radius 2 is 2.19 bits per heavy atom. The summed E-state index contributed by atoms with van der Waals surface area (Å²) >= 11 is 0. The van der Waals surface area contributed by atoms with E-state index in [2.05, 4.69) is 15.0 Å². The van der Waals surface area contributed by atoms with Crippen molar-refractivity contribution in [2.45, 2.75) is 31.4 Å². The molecule has 2 heterocycles. The first-order valence-electron chi connectivity index (χ1n) is 5.15. The summed E-state index contributed by atoms with van der Waals surface area (Å²) in [6.45, 7) is 0.